The number of carbonyl (C=O) groups is 1. The van der Waals surface area contributed by atoms with Gasteiger partial charge < -0.3 is 4.90 Å². The summed E-state index contributed by atoms with van der Waals surface area (Å²) in [5.41, 5.74) is 0.163. The van der Waals surface area contributed by atoms with E-state index in [1.165, 1.54) is 10.4 Å². The van der Waals surface area contributed by atoms with Gasteiger partial charge in [-0.05, 0) is 36.6 Å². The van der Waals surface area contributed by atoms with E-state index in [9.17, 15) is 17.6 Å². The fraction of sp³-hybridized carbons (Fsp3) is 0.389. The zero-order valence-electron chi connectivity index (χ0n) is 15.1. The first-order valence-corrected chi connectivity index (χ1v) is 10.8. The Bertz CT molecular complexity index is 847. The number of amides is 1. The minimum atomic E-state index is -3.98. The first-order chi connectivity index (χ1) is 12.3. The second-order valence-corrected chi connectivity index (χ2v) is 8.57. The van der Waals surface area contributed by atoms with Crippen molar-refractivity contribution < 1.29 is 17.6 Å². The molecule has 1 amide bonds. The molecule has 0 N–H and O–H groups in total. The first-order valence-electron chi connectivity index (χ1n) is 8.46. The van der Waals surface area contributed by atoms with Gasteiger partial charge in [0.1, 0.15) is 10.7 Å². The number of hydrogen-bond acceptors (Lipinski definition) is 4. The number of rotatable bonds is 8. The molecule has 2 rings (SSSR count). The summed E-state index contributed by atoms with van der Waals surface area (Å²) < 4.78 is 40.7. The highest BCUT2D eigenvalue weighted by Gasteiger charge is 2.27. The van der Waals surface area contributed by atoms with Crippen molar-refractivity contribution in [2.45, 2.75) is 32.2 Å². The highest BCUT2D eigenvalue weighted by Crippen LogP contribution is 2.22. The lowest BCUT2D eigenvalue weighted by Crippen LogP contribution is -2.32. The lowest BCUT2D eigenvalue weighted by atomic mass is 10.2. The molecule has 1 heterocycles. The molecule has 0 saturated carbocycles. The zero-order valence-corrected chi connectivity index (χ0v) is 16.7. The Morgan fingerprint density at radius 1 is 1.12 bits per heavy atom. The lowest BCUT2D eigenvalue weighted by Gasteiger charge is -2.22. The molecule has 0 spiro atoms. The normalized spacial score (nSPS) is 11.7. The lowest BCUT2D eigenvalue weighted by molar-refractivity contribution is 0.0754. The molecule has 0 fully saturated rings. The average molecular weight is 399 g/mol. The first kappa shape index (κ1) is 20.5. The Morgan fingerprint density at radius 3 is 2.35 bits per heavy atom. The van der Waals surface area contributed by atoms with E-state index in [4.69, 9.17) is 0 Å². The molecule has 1 aromatic heterocycles. The van der Waals surface area contributed by atoms with E-state index in [2.05, 4.69) is 0 Å². The smallest absolute Gasteiger partial charge is 0.254 e. The molecule has 0 unspecified atom stereocenters. The van der Waals surface area contributed by atoms with Crippen LogP contribution in [0.25, 0.3) is 0 Å². The summed E-state index contributed by atoms with van der Waals surface area (Å²) in [4.78, 5) is 15.0. The number of sulfonamides is 1. The van der Waals surface area contributed by atoms with Gasteiger partial charge in [0.05, 0.1) is 6.54 Å². The Balaban J connectivity index is 2.37. The zero-order chi connectivity index (χ0) is 19.3. The van der Waals surface area contributed by atoms with Crippen LogP contribution in [0.3, 0.4) is 0 Å². The summed E-state index contributed by atoms with van der Waals surface area (Å²) in [6.07, 6.45) is 0. The maximum atomic E-state index is 14.2. The van der Waals surface area contributed by atoms with E-state index in [1.807, 2.05) is 24.4 Å². The number of carbonyl (C=O) groups excluding carboxylic acids is 1. The summed E-state index contributed by atoms with van der Waals surface area (Å²) in [5, 5.41) is 1.93. The monoisotopic (exact) mass is 398 g/mol. The van der Waals surface area contributed by atoms with Crippen molar-refractivity contribution in [3.05, 3.63) is 52.0 Å². The van der Waals surface area contributed by atoms with Gasteiger partial charge in [-0.1, -0.05) is 19.9 Å². The Hall–Kier alpha value is -1.77. The number of hydrogen-bond donors (Lipinski definition) is 0. The van der Waals surface area contributed by atoms with Crippen molar-refractivity contribution in [1.29, 1.82) is 0 Å². The second-order valence-electron chi connectivity index (χ2n) is 5.63. The molecule has 5 nitrogen and oxygen atoms in total. The highest BCUT2D eigenvalue weighted by molar-refractivity contribution is 7.89. The summed E-state index contributed by atoms with van der Waals surface area (Å²) in [7, 11) is -3.98. The van der Waals surface area contributed by atoms with Crippen molar-refractivity contribution in [2.24, 2.45) is 0 Å². The summed E-state index contributed by atoms with van der Waals surface area (Å²) >= 11 is 1.54. The molecule has 0 bridgehead atoms. The van der Waals surface area contributed by atoms with Gasteiger partial charge in [-0.3, -0.25) is 4.79 Å². The standard InChI is InChI=1S/C18H23FN2O3S2/c1-4-20(13-15-8-7-11-25-15)18(22)14-9-10-16(19)17(12-14)26(23,24)21(5-2)6-3/h7-12H,4-6,13H2,1-3H3. The third kappa shape index (κ3) is 4.31. The van der Waals surface area contributed by atoms with E-state index in [1.54, 1.807) is 30.1 Å². The molecule has 0 radical (unpaired) electrons. The molecule has 26 heavy (non-hydrogen) atoms. The highest BCUT2D eigenvalue weighted by atomic mass is 32.2. The third-order valence-corrected chi connectivity index (χ3v) is 7.02. The van der Waals surface area contributed by atoms with Crippen molar-refractivity contribution in [3.8, 4) is 0 Å². The molecule has 2 aromatic rings. The average Bonchev–Trinajstić information content (AvgIpc) is 3.13. The fourth-order valence-electron chi connectivity index (χ4n) is 2.64. The largest absolute Gasteiger partial charge is 0.334 e. The summed E-state index contributed by atoms with van der Waals surface area (Å²) in [6.45, 7) is 6.59. The van der Waals surface area contributed by atoms with Crippen LogP contribution in [0.1, 0.15) is 36.0 Å². The van der Waals surface area contributed by atoms with Crippen LogP contribution >= 0.6 is 11.3 Å². The van der Waals surface area contributed by atoms with Gasteiger partial charge in [-0.15, -0.1) is 11.3 Å². The molecule has 142 valence electrons. The Labute approximate surface area is 158 Å². The fourth-order valence-corrected chi connectivity index (χ4v) is 4.90. The maximum Gasteiger partial charge on any atom is 0.254 e. The molecule has 8 heteroatoms. The van der Waals surface area contributed by atoms with Crippen molar-refractivity contribution >= 4 is 27.3 Å². The number of halogens is 1. The van der Waals surface area contributed by atoms with Gasteiger partial charge in [-0.2, -0.15) is 4.31 Å². The van der Waals surface area contributed by atoms with Crippen molar-refractivity contribution in [2.75, 3.05) is 19.6 Å². The van der Waals surface area contributed by atoms with Crippen molar-refractivity contribution in [1.82, 2.24) is 9.21 Å². The maximum absolute atomic E-state index is 14.2. The quantitative estimate of drug-likeness (QED) is 0.683. The van der Waals surface area contributed by atoms with Crippen LogP contribution in [0.4, 0.5) is 4.39 Å². The van der Waals surface area contributed by atoms with E-state index >= 15 is 0 Å². The van der Waals surface area contributed by atoms with E-state index in [0.717, 1.165) is 17.0 Å². The molecule has 1 aromatic carbocycles. The molecular formula is C18H23FN2O3S2. The van der Waals surface area contributed by atoms with Crippen LogP contribution < -0.4 is 0 Å². The van der Waals surface area contributed by atoms with Crippen LogP contribution in [0.15, 0.2) is 40.6 Å². The molecule has 0 aliphatic heterocycles. The molecule has 0 saturated heterocycles. The number of thiophene rings is 1. The van der Waals surface area contributed by atoms with Gasteiger partial charge >= 0.3 is 0 Å². The topological polar surface area (TPSA) is 57.7 Å². The Morgan fingerprint density at radius 2 is 1.81 bits per heavy atom. The number of nitrogens with zero attached hydrogens (tertiary/aromatic N) is 2. The number of benzene rings is 1. The predicted molar refractivity (Wildman–Crippen MR) is 101 cm³/mol. The third-order valence-electron chi connectivity index (χ3n) is 4.10. The van der Waals surface area contributed by atoms with Crippen molar-refractivity contribution in [3.63, 3.8) is 0 Å². The van der Waals surface area contributed by atoms with Gasteiger partial charge in [-0.25, -0.2) is 12.8 Å². The van der Waals surface area contributed by atoms with Crippen LogP contribution in [0.5, 0.6) is 0 Å². The molecule has 0 aliphatic rings. The van der Waals surface area contributed by atoms with Gasteiger partial charge in [0.15, 0.2) is 0 Å². The minimum absolute atomic E-state index is 0.163. The molecule has 0 atom stereocenters. The minimum Gasteiger partial charge on any atom is -0.334 e. The molecular weight excluding hydrogens is 375 g/mol. The Kier molecular flexibility index (Phi) is 6.91. The van der Waals surface area contributed by atoms with Crippen LogP contribution in [-0.2, 0) is 16.6 Å². The van der Waals surface area contributed by atoms with E-state index in [0.29, 0.717) is 13.1 Å². The van der Waals surface area contributed by atoms with Crippen LogP contribution in [0, 0.1) is 5.82 Å². The predicted octanol–water partition coefficient (Wildman–Crippen LogP) is 3.58. The van der Waals surface area contributed by atoms with E-state index < -0.39 is 20.7 Å². The van der Waals surface area contributed by atoms with Crippen LogP contribution in [-0.4, -0.2) is 43.2 Å². The summed E-state index contributed by atoms with van der Waals surface area (Å²) in [5.74, 6) is -1.17. The molecule has 0 aliphatic carbocycles. The van der Waals surface area contributed by atoms with Crippen LogP contribution in [0.2, 0.25) is 0 Å². The SMILES string of the molecule is CCN(Cc1cccs1)C(=O)c1ccc(F)c(S(=O)(=O)N(CC)CC)c1. The second kappa shape index (κ2) is 8.75. The van der Waals surface area contributed by atoms with Gasteiger partial charge in [0, 0.05) is 30.1 Å². The van der Waals surface area contributed by atoms with Gasteiger partial charge in [0.2, 0.25) is 10.0 Å². The van der Waals surface area contributed by atoms with E-state index in [-0.39, 0.29) is 24.6 Å². The summed E-state index contributed by atoms with van der Waals surface area (Å²) in [6, 6.07) is 7.35. The van der Waals surface area contributed by atoms with Gasteiger partial charge in [0.25, 0.3) is 5.91 Å².